The van der Waals surface area contributed by atoms with Gasteiger partial charge in [0.25, 0.3) is 5.56 Å². The first kappa shape index (κ1) is 23.5. The predicted molar refractivity (Wildman–Crippen MR) is 147 cm³/mol. The van der Waals surface area contributed by atoms with Gasteiger partial charge in [0, 0.05) is 15.8 Å². The molecule has 9 heteroatoms. The first-order valence-corrected chi connectivity index (χ1v) is 14.9. The number of hydrogen-bond donors (Lipinski definition) is 2. The van der Waals surface area contributed by atoms with Crippen LogP contribution in [-0.4, -0.2) is 21.6 Å². The molecule has 0 radical (unpaired) electrons. The van der Waals surface area contributed by atoms with Crippen LogP contribution in [0.5, 0.6) is 0 Å². The lowest BCUT2D eigenvalue weighted by molar-refractivity contribution is -0.113. The number of aromatic nitrogens is 2. The van der Waals surface area contributed by atoms with E-state index >= 15 is 0 Å². The van der Waals surface area contributed by atoms with E-state index in [1.807, 2.05) is 5.38 Å². The van der Waals surface area contributed by atoms with Gasteiger partial charge >= 0.3 is 0 Å². The van der Waals surface area contributed by atoms with Crippen molar-refractivity contribution in [2.45, 2.75) is 56.5 Å². The Morgan fingerprint density at radius 2 is 1.94 bits per heavy atom. The topological polar surface area (TPSA) is 98.6 Å². The van der Waals surface area contributed by atoms with Crippen molar-refractivity contribution in [3.05, 3.63) is 61.1 Å². The third-order valence-corrected chi connectivity index (χ3v) is 9.91. The Kier molecular flexibility index (Phi) is 6.42. The minimum atomic E-state index is -0.209. The molecule has 0 unspecified atom stereocenters. The molecule has 0 bridgehead atoms. The van der Waals surface area contributed by atoms with Crippen LogP contribution in [-0.2, 0) is 30.5 Å². The molecule has 3 aromatic heterocycles. The molecule has 0 atom stereocenters. The maximum absolute atomic E-state index is 13.0. The van der Waals surface area contributed by atoms with Gasteiger partial charge < -0.3 is 10.3 Å². The normalized spacial score (nSPS) is 14.8. The van der Waals surface area contributed by atoms with Crippen molar-refractivity contribution in [2.75, 3.05) is 11.1 Å². The summed E-state index contributed by atoms with van der Waals surface area (Å²) >= 11 is 4.17. The fraction of sp³-hybridized carbons (Fsp3) is 0.333. The van der Waals surface area contributed by atoms with Gasteiger partial charge in [-0.15, -0.1) is 22.7 Å². The van der Waals surface area contributed by atoms with Crippen LogP contribution in [0.1, 0.15) is 52.8 Å². The molecule has 2 N–H and O–H groups in total. The number of carbonyl (C=O) groups is 1. The molecule has 2 aliphatic carbocycles. The monoisotopic (exact) mass is 532 g/mol. The summed E-state index contributed by atoms with van der Waals surface area (Å²) in [6.07, 6.45) is 8.75. The second kappa shape index (κ2) is 9.85. The number of benzene rings is 1. The van der Waals surface area contributed by atoms with Crippen molar-refractivity contribution in [3.63, 3.8) is 0 Å². The molecule has 3 heterocycles. The van der Waals surface area contributed by atoms with Gasteiger partial charge in [-0.3, -0.25) is 9.59 Å². The van der Waals surface area contributed by atoms with E-state index in [0.29, 0.717) is 25.9 Å². The van der Waals surface area contributed by atoms with Crippen LogP contribution in [0, 0.1) is 11.3 Å². The number of fused-ring (bicyclic) bond motifs is 3. The zero-order valence-corrected chi connectivity index (χ0v) is 22.1. The summed E-state index contributed by atoms with van der Waals surface area (Å²) in [6.45, 7) is 0. The van der Waals surface area contributed by atoms with E-state index in [0.717, 1.165) is 55.2 Å². The average Bonchev–Trinajstić information content (AvgIpc) is 3.48. The number of nitrogens with zero attached hydrogens (tertiary/aromatic N) is 2. The van der Waals surface area contributed by atoms with Crippen LogP contribution in [0.4, 0.5) is 5.00 Å². The number of hydrogen-bond acceptors (Lipinski definition) is 7. The maximum atomic E-state index is 13.0. The number of anilines is 1. The minimum absolute atomic E-state index is 0.102. The fourth-order valence-corrected chi connectivity index (χ4v) is 8.10. The van der Waals surface area contributed by atoms with Crippen LogP contribution < -0.4 is 10.9 Å². The van der Waals surface area contributed by atoms with Gasteiger partial charge in [-0.05, 0) is 73.6 Å². The minimum Gasteiger partial charge on any atom is -0.316 e. The molecule has 4 aromatic rings. The predicted octanol–water partition coefficient (Wildman–Crippen LogP) is 6.07. The van der Waals surface area contributed by atoms with Crippen LogP contribution in [0.3, 0.4) is 0 Å². The molecule has 0 aliphatic heterocycles. The van der Waals surface area contributed by atoms with E-state index in [-0.39, 0.29) is 17.2 Å². The average molecular weight is 533 g/mol. The Balaban J connectivity index is 1.19. The van der Waals surface area contributed by atoms with E-state index in [4.69, 9.17) is 0 Å². The van der Waals surface area contributed by atoms with Gasteiger partial charge in [0.2, 0.25) is 5.91 Å². The lowest BCUT2D eigenvalue weighted by Crippen LogP contribution is -2.15. The fourth-order valence-electron chi connectivity index (χ4n) is 5.18. The zero-order chi connectivity index (χ0) is 24.6. The van der Waals surface area contributed by atoms with E-state index in [2.05, 4.69) is 39.6 Å². The Morgan fingerprint density at radius 3 is 2.81 bits per heavy atom. The largest absolute Gasteiger partial charge is 0.316 e. The van der Waals surface area contributed by atoms with Crippen molar-refractivity contribution in [2.24, 2.45) is 0 Å². The molecular weight excluding hydrogens is 509 g/mol. The van der Waals surface area contributed by atoms with Crippen molar-refractivity contribution in [1.29, 1.82) is 5.26 Å². The number of H-pyrrole nitrogens is 1. The molecule has 36 heavy (non-hydrogen) atoms. The third-order valence-electron chi connectivity index (χ3n) is 6.96. The van der Waals surface area contributed by atoms with E-state index < -0.39 is 0 Å². The molecule has 6 rings (SSSR count). The molecule has 2 aliphatic rings. The highest BCUT2D eigenvalue weighted by Crippen LogP contribution is 2.38. The van der Waals surface area contributed by atoms with Crippen molar-refractivity contribution in [1.82, 2.24) is 9.97 Å². The second-order valence-corrected chi connectivity index (χ2v) is 12.2. The Morgan fingerprint density at radius 1 is 1.14 bits per heavy atom. The number of amides is 1. The Hall–Kier alpha value is -2.93. The van der Waals surface area contributed by atoms with Gasteiger partial charge in [-0.1, -0.05) is 30.0 Å². The molecule has 0 saturated heterocycles. The quantitative estimate of drug-likeness (QED) is 0.240. The lowest BCUT2D eigenvalue weighted by Gasteiger charge is -2.16. The van der Waals surface area contributed by atoms with Crippen molar-refractivity contribution >= 4 is 55.6 Å². The second-order valence-electron chi connectivity index (χ2n) is 9.25. The number of aryl methyl sites for hydroxylation is 3. The summed E-state index contributed by atoms with van der Waals surface area (Å²) in [4.78, 5) is 35.1. The molecule has 0 spiro atoms. The first-order chi connectivity index (χ1) is 17.6. The van der Waals surface area contributed by atoms with Gasteiger partial charge in [0.15, 0.2) is 5.16 Å². The molecule has 0 fully saturated rings. The van der Waals surface area contributed by atoms with Gasteiger partial charge in [0.05, 0.1) is 16.7 Å². The highest BCUT2D eigenvalue weighted by molar-refractivity contribution is 7.99. The Labute approximate surface area is 220 Å². The summed E-state index contributed by atoms with van der Waals surface area (Å²) in [5.41, 5.74) is 6.28. The van der Waals surface area contributed by atoms with E-state index in [9.17, 15) is 14.9 Å². The summed E-state index contributed by atoms with van der Waals surface area (Å²) in [5, 5.41) is 16.2. The maximum Gasteiger partial charge on any atom is 0.260 e. The van der Waals surface area contributed by atoms with Crippen LogP contribution in [0.2, 0.25) is 0 Å². The van der Waals surface area contributed by atoms with E-state index in [1.54, 1.807) is 0 Å². The standard InChI is InChI=1S/C27H24N4O2S3/c28-12-19-18-7-3-4-8-21(18)36-25(19)29-22(32)14-35-27-30-24(33)23-20(13-34-26(23)31-27)17-10-9-15-5-1-2-6-16(15)11-17/h9-11,13H,1-8,14H2,(H,29,32)(H,30,31,33). The number of nitrogens with one attached hydrogen (secondary N) is 2. The van der Waals surface area contributed by atoms with Crippen LogP contribution >= 0.6 is 34.4 Å². The molecular formula is C27H24N4O2S3. The smallest absolute Gasteiger partial charge is 0.260 e. The number of thioether (sulfide) groups is 1. The van der Waals surface area contributed by atoms with Crippen LogP contribution in [0.25, 0.3) is 21.3 Å². The first-order valence-electron chi connectivity index (χ1n) is 12.2. The molecule has 6 nitrogen and oxygen atoms in total. The van der Waals surface area contributed by atoms with Gasteiger partial charge in [-0.2, -0.15) is 5.26 Å². The lowest BCUT2D eigenvalue weighted by atomic mass is 9.89. The highest BCUT2D eigenvalue weighted by atomic mass is 32.2. The third kappa shape index (κ3) is 4.38. The molecule has 1 aromatic carbocycles. The number of thiophene rings is 2. The number of carbonyl (C=O) groups excluding carboxylic acids is 1. The SMILES string of the molecule is N#Cc1c(NC(=O)CSc2nc3scc(-c4ccc5c(c4)CCCC5)c3c(=O)[nH]2)sc2c1CCCC2. The molecule has 0 saturated carbocycles. The number of nitriles is 1. The van der Waals surface area contributed by atoms with Gasteiger partial charge in [-0.25, -0.2) is 4.98 Å². The van der Waals surface area contributed by atoms with Crippen molar-refractivity contribution < 1.29 is 4.79 Å². The van der Waals surface area contributed by atoms with Gasteiger partial charge in [0.1, 0.15) is 15.9 Å². The summed E-state index contributed by atoms with van der Waals surface area (Å²) in [6, 6.07) is 8.80. The summed E-state index contributed by atoms with van der Waals surface area (Å²) < 4.78 is 0. The summed E-state index contributed by atoms with van der Waals surface area (Å²) in [5.74, 6) is -0.107. The summed E-state index contributed by atoms with van der Waals surface area (Å²) in [7, 11) is 0. The van der Waals surface area contributed by atoms with Crippen molar-refractivity contribution in [3.8, 4) is 17.2 Å². The van der Waals surface area contributed by atoms with E-state index in [1.165, 1.54) is 63.3 Å². The van der Waals surface area contributed by atoms with Crippen LogP contribution in [0.15, 0.2) is 33.5 Å². The molecule has 182 valence electrons. The molecule has 1 amide bonds. The number of aromatic amines is 1. The zero-order valence-electron chi connectivity index (χ0n) is 19.6. The number of rotatable bonds is 5. The Bertz CT molecular complexity index is 1590. The highest BCUT2D eigenvalue weighted by Gasteiger charge is 2.22.